The molecule has 1 amide bonds. The lowest BCUT2D eigenvalue weighted by Crippen LogP contribution is -2.26. The smallest absolute Gasteiger partial charge is 0.274 e. The van der Waals surface area contributed by atoms with Crippen molar-refractivity contribution in [3.63, 3.8) is 0 Å². The van der Waals surface area contributed by atoms with Gasteiger partial charge in [0.2, 0.25) is 0 Å². The van der Waals surface area contributed by atoms with Crippen molar-refractivity contribution in [1.29, 1.82) is 0 Å². The molecule has 0 aliphatic heterocycles. The van der Waals surface area contributed by atoms with Crippen LogP contribution in [0.5, 0.6) is 0 Å². The van der Waals surface area contributed by atoms with Gasteiger partial charge in [0, 0.05) is 31.2 Å². The van der Waals surface area contributed by atoms with Gasteiger partial charge in [-0.05, 0) is 23.1 Å². The van der Waals surface area contributed by atoms with Gasteiger partial charge in [-0.2, -0.15) is 5.10 Å². The van der Waals surface area contributed by atoms with Crippen molar-refractivity contribution in [2.45, 2.75) is 26.2 Å². The van der Waals surface area contributed by atoms with Crippen LogP contribution in [0.15, 0.2) is 36.7 Å². The zero-order valence-electron chi connectivity index (χ0n) is 14.2. The minimum atomic E-state index is -0.0773. The summed E-state index contributed by atoms with van der Waals surface area (Å²) in [5, 5.41) is 5.15. The molecule has 3 aromatic rings. The second-order valence-corrected chi connectivity index (χ2v) is 6.97. The second-order valence-electron chi connectivity index (χ2n) is 6.97. The number of amides is 1. The number of aromatic amines is 1. The highest BCUT2D eigenvalue weighted by molar-refractivity contribution is 6.07. The summed E-state index contributed by atoms with van der Waals surface area (Å²) < 4.78 is 1.68. The first kappa shape index (κ1) is 15.3. The third kappa shape index (κ3) is 2.86. The highest BCUT2D eigenvalue weighted by Gasteiger charge is 2.19. The number of hydrogen-bond acceptors (Lipinski definition) is 2. The number of fused-ring (bicyclic) bond motifs is 1. The predicted molar refractivity (Wildman–Crippen MR) is 92.9 cm³/mol. The SMILES string of the molecule is CN(C(=O)c1cc2ccc(C(C)(C)C)cc2[nH]1)c1cnn(C)c1. The van der Waals surface area contributed by atoms with Gasteiger partial charge in [-0.3, -0.25) is 9.48 Å². The Bertz CT molecular complexity index is 867. The Morgan fingerprint density at radius 1 is 1.26 bits per heavy atom. The molecular weight excluding hydrogens is 288 g/mol. The summed E-state index contributed by atoms with van der Waals surface area (Å²) in [4.78, 5) is 17.5. The molecule has 0 radical (unpaired) electrons. The number of anilines is 1. The first-order valence-corrected chi connectivity index (χ1v) is 7.65. The van der Waals surface area contributed by atoms with E-state index in [9.17, 15) is 4.79 Å². The van der Waals surface area contributed by atoms with Crippen LogP contribution in [0.2, 0.25) is 0 Å². The molecular formula is C18H22N4O. The normalized spacial score (nSPS) is 11.9. The zero-order valence-corrected chi connectivity index (χ0v) is 14.2. The molecule has 1 aromatic carbocycles. The summed E-state index contributed by atoms with van der Waals surface area (Å²) in [7, 11) is 3.59. The van der Waals surface area contributed by atoms with E-state index >= 15 is 0 Å². The number of nitrogens with zero attached hydrogens (tertiary/aromatic N) is 3. The fourth-order valence-electron chi connectivity index (χ4n) is 2.59. The molecule has 5 heteroatoms. The lowest BCUT2D eigenvalue weighted by molar-refractivity contribution is 0.0989. The molecule has 2 heterocycles. The minimum absolute atomic E-state index is 0.0773. The van der Waals surface area contributed by atoms with Crippen LogP contribution in [-0.2, 0) is 12.5 Å². The van der Waals surface area contributed by atoms with Crippen LogP contribution in [0.3, 0.4) is 0 Å². The van der Waals surface area contributed by atoms with Gasteiger partial charge < -0.3 is 9.88 Å². The number of H-pyrrole nitrogens is 1. The third-order valence-electron chi connectivity index (χ3n) is 4.10. The number of aryl methyl sites for hydroxylation is 1. The van der Waals surface area contributed by atoms with Crippen LogP contribution in [0.1, 0.15) is 36.8 Å². The van der Waals surface area contributed by atoms with E-state index in [4.69, 9.17) is 0 Å². The molecule has 2 aromatic heterocycles. The van der Waals surface area contributed by atoms with E-state index in [-0.39, 0.29) is 11.3 Å². The molecule has 120 valence electrons. The Morgan fingerprint density at radius 3 is 2.61 bits per heavy atom. The zero-order chi connectivity index (χ0) is 16.8. The quantitative estimate of drug-likeness (QED) is 0.788. The fourth-order valence-corrected chi connectivity index (χ4v) is 2.59. The lowest BCUT2D eigenvalue weighted by atomic mass is 9.87. The number of carbonyl (C=O) groups excluding carboxylic acids is 1. The van der Waals surface area contributed by atoms with Crippen LogP contribution < -0.4 is 4.90 Å². The van der Waals surface area contributed by atoms with Gasteiger partial charge in [0.15, 0.2) is 0 Å². The van der Waals surface area contributed by atoms with Crippen molar-refractivity contribution in [2.24, 2.45) is 7.05 Å². The van der Waals surface area contributed by atoms with Crippen LogP contribution in [0.25, 0.3) is 10.9 Å². The number of hydrogen-bond donors (Lipinski definition) is 1. The highest BCUT2D eigenvalue weighted by atomic mass is 16.2. The predicted octanol–water partition coefficient (Wildman–Crippen LogP) is 3.48. The number of carbonyl (C=O) groups is 1. The number of rotatable bonds is 2. The highest BCUT2D eigenvalue weighted by Crippen LogP contribution is 2.26. The summed E-state index contributed by atoms with van der Waals surface area (Å²) in [6.45, 7) is 6.54. The molecule has 5 nitrogen and oxygen atoms in total. The van der Waals surface area contributed by atoms with E-state index in [1.165, 1.54) is 5.56 Å². The van der Waals surface area contributed by atoms with Crippen molar-refractivity contribution >= 4 is 22.5 Å². The molecule has 0 spiro atoms. The maximum absolute atomic E-state index is 12.7. The maximum atomic E-state index is 12.7. The van der Waals surface area contributed by atoms with Crippen molar-refractivity contribution in [2.75, 3.05) is 11.9 Å². The molecule has 0 aliphatic carbocycles. The van der Waals surface area contributed by atoms with Crippen LogP contribution in [-0.4, -0.2) is 27.7 Å². The van der Waals surface area contributed by atoms with Crippen molar-refractivity contribution < 1.29 is 4.79 Å². The van der Waals surface area contributed by atoms with Gasteiger partial charge in [-0.1, -0.05) is 32.9 Å². The average molecular weight is 310 g/mol. The molecule has 0 atom stereocenters. The topological polar surface area (TPSA) is 53.9 Å². The van der Waals surface area contributed by atoms with E-state index < -0.39 is 0 Å². The molecule has 0 aliphatic rings. The monoisotopic (exact) mass is 310 g/mol. The minimum Gasteiger partial charge on any atom is -0.351 e. The molecule has 23 heavy (non-hydrogen) atoms. The number of benzene rings is 1. The van der Waals surface area contributed by atoms with Crippen molar-refractivity contribution in [3.05, 3.63) is 47.9 Å². The summed E-state index contributed by atoms with van der Waals surface area (Å²) in [6, 6.07) is 8.20. The number of nitrogens with one attached hydrogen (secondary N) is 1. The first-order chi connectivity index (χ1) is 10.8. The Kier molecular flexibility index (Phi) is 3.51. The largest absolute Gasteiger partial charge is 0.351 e. The van der Waals surface area contributed by atoms with Gasteiger partial charge in [0.25, 0.3) is 5.91 Å². The Morgan fingerprint density at radius 2 is 2.00 bits per heavy atom. The van der Waals surface area contributed by atoms with Gasteiger partial charge in [0.1, 0.15) is 5.69 Å². The van der Waals surface area contributed by atoms with E-state index in [1.54, 1.807) is 22.8 Å². The summed E-state index contributed by atoms with van der Waals surface area (Å²) in [6.07, 6.45) is 3.50. The molecule has 0 bridgehead atoms. The maximum Gasteiger partial charge on any atom is 0.274 e. The molecule has 3 rings (SSSR count). The molecule has 0 unspecified atom stereocenters. The Hall–Kier alpha value is -2.56. The van der Waals surface area contributed by atoms with Gasteiger partial charge in [-0.15, -0.1) is 0 Å². The molecule has 1 N–H and O–H groups in total. The lowest BCUT2D eigenvalue weighted by Gasteiger charge is -2.18. The third-order valence-corrected chi connectivity index (χ3v) is 4.10. The number of aromatic nitrogens is 3. The average Bonchev–Trinajstić information content (AvgIpc) is 3.09. The van der Waals surface area contributed by atoms with E-state index in [2.05, 4.69) is 49.1 Å². The summed E-state index contributed by atoms with van der Waals surface area (Å²) in [5.41, 5.74) is 3.66. The van der Waals surface area contributed by atoms with Gasteiger partial charge in [0.05, 0.1) is 11.9 Å². The van der Waals surface area contributed by atoms with Crippen LogP contribution in [0, 0.1) is 0 Å². The van der Waals surface area contributed by atoms with Crippen LogP contribution in [0.4, 0.5) is 5.69 Å². The van der Waals surface area contributed by atoms with Gasteiger partial charge in [-0.25, -0.2) is 0 Å². The van der Waals surface area contributed by atoms with E-state index in [0.717, 1.165) is 16.6 Å². The molecule has 0 saturated heterocycles. The summed E-state index contributed by atoms with van der Waals surface area (Å²) >= 11 is 0. The first-order valence-electron chi connectivity index (χ1n) is 7.65. The van der Waals surface area contributed by atoms with Crippen molar-refractivity contribution in [1.82, 2.24) is 14.8 Å². The molecule has 0 saturated carbocycles. The fraction of sp³-hybridized carbons (Fsp3) is 0.333. The van der Waals surface area contributed by atoms with Gasteiger partial charge >= 0.3 is 0 Å². The summed E-state index contributed by atoms with van der Waals surface area (Å²) in [5.74, 6) is -0.0773. The van der Waals surface area contributed by atoms with E-state index in [1.807, 2.05) is 19.3 Å². The second kappa shape index (κ2) is 5.26. The van der Waals surface area contributed by atoms with Crippen LogP contribution >= 0.6 is 0 Å². The van der Waals surface area contributed by atoms with Crippen molar-refractivity contribution in [3.8, 4) is 0 Å². The Balaban J connectivity index is 1.95. The molecule has 0 fully saturated rings. The standard InChI is InChI=1S/C18H22N4O/c1-18(2,3)13-7-6-12-8-16(20-15(12)9-13)17(23)22(5)14-10-19-21(4)11-14/h6-11,20H,1-5H3. The Labute approximate surface area is 135 Å². The van der Waals surface area contributed by atoms with E-state index in [0.29, 0.717) is 5.69 Å².